The van der Waals surface area contributed by atoms with E-state index in [-0.39, 0.29) is 0 Å². The number of nitrogens with zero attached hydrogens (tertiary/aromatic N) is 4. The van der Waals surface area contributed by atoms with Gasteiger partial charge >= 0.3 is 5.97 Å². The second-order valence-corrected chi connectivity index (χ2v) is 5.95. The third kappa shape index (κ3) is 3.01. The van der Waals surface area contributed by atoms with Crippen LogP contribution in [0.1, 0.15) is 11.6 Å². The van der Waals surface area contributed by atoms with Crippen molar-refractivity contribution in [1.29, 1.82) is 5.26 Å². The maximum atomic E-state index is 12.0. The van der Waals surface area contributed by atoms with Crippen LogP contribution in [0.4, 0.5) is 5.82 Å². The summed E-state index contributed by atoms with van der Waals surface area (Å²) in [4.78, 5) is 24.9. The highest BCUT2D eigenvalue weighted by Gasteiger charge is 2.30. The van der Waals surface area contributed by atoms with Crippen LogP contribution in [0.5, 0.6) is 0 Å². The number of nitriles is 1. The van der Waals surface area contributed by atoms with E-state index in [9.17, 15) is 10.1 Å². The number of quaternary nitrogens is 1. The number of carbonyl (C=O) groups excluding carboxylic acids is 1. The summed E-state index contributed by atoms with van der Waals surface area (Å²) in [6.45, 7) is 3.57. The number of nitrogens with one attached hydrogen (secondary N) is 1. The summed E-state index contributed by atoms with van der Waals surface area (Å²) in [6, 6.07) is 9.49. The van der Waals surface area contributed by atoms with Gasteiger partial charge in [0.1, 0.15) is 5.69 Å². The number of likely N-dealkylation sites (N-methyl/N-ethyl adjacent to an activating group) is 1. The lowest BCUT2D eigenvalue weighted by atomic mass is 10.1. The molecule has 1 aliphatic heterocycles. The van der Waals surface area contributed by atoms with E-state index in [1.165, 1.54) is 12.0 Å². The lowest BCUT2D eigenvalue weighted by molar-refractivity contribution is -0.880. The van der Waals surface area contributed by atoms with Crippen LogP contribution in [0.3, 0.4) is 0 Å². The number of hydrogen-bond acceptors (Lipinski definition) is 6. The SMILES string of the molecule is COC(=O)[C@H](C#N)c1nc2ccccc2nc1N1CC[NH+](C)CC1. The Balaban J connectivity index is 2.12. The molecule has 7 heteroatoms. The number of anilines is 1. The van der Waals surface area contributed by atoms with Crippen molar-refractivity contribution in [3.63, 3.8) is 0 Å². The number of para-hydroxylation sites is 2. The van der Waals surface area contributed by atoms with Crippen LogP contribution in [0.15, 0.2) is 24.3 Å². The average molecular weight is 326 g/mol. The summed E-state index contributed by atoms with van der Waals surface area (Å²) in [6.07, 6.45) is 0. The molecule has 0 amide bonds. The highest BCUT2D eigenvalue weighted by atomic mass is 16.5. The molecule has 1 N–H and O–H groups in total. The number of fused-ring (bicyclic) bond motifs is 1. The number of ether oxygens (including phenoxy) is 1. The molecule has 3 rings (SSSR count). The van der Waals surface area contributed by atoms with E-state index >= 15 is 0 Å². The predicted molar refractivity (Wildman–Crippen MR) is 88.7 cm³/mol. The molecule has 24 heavy (non-hydrogen) atoms. The molecule has 0 bridgehead atoms. The van der Waals surface area contributed by atoms with E-state index in [0.717, 1.165) is 31.7 Å². The molecule has 2 heterocycles. The Bertz CT molecular complexity index is 793. The molecule has 1 atom stereocenters. The van der Waals surface area contributed by atoms with E-state index in [1.807, 2.05) is 30.3 Å². The van der Waals surface area contributed by atoms with Crippen LogP contribution in [0.25, 0.3) is 11.0 Å². The number of aromatic nitrogens is 2. The number of methoxy groups -OCH3 is 1. The van der Waals surface area contributed by atoms with Gasteiger partial charge in [-0.25, -0.2) is 9.97 Å². The largest absolute Gasteiger partial charge is 0.468 e. The van der Waals surface area contributed by atoms with Gasteiger partial charge in [-0.3, -0.25) is 4.79 Å². The lowest BCUT2D eigenvalue weighted by Gasteiger charge is -2.32. The molecule has 1 aliphatic rings. The smallest absolute Gasteiger partial charge is 0.329 e. The zero-order valence-corrected chi connectivity index (χ0v) is 13.8. The van der Waals surface area contributed by atoms with Gasteiger partial charge < -0.3 is 14.5 Å². The van der Waals surface area contributed by atoms with Crippen LogP contribution < -0.4 is 9.80 Å². The Kier molecular flexibility index (Phi) is 4.58. The van der Waals surface area contributed by atoms with E-state index in [2.05, 4.69) is 16.9 Å². The first kappa shape index (κ1) is 16.1. The Labute approximate surface area is 140 Å². The second-order valence-electron chi connectivity index (χ2n) is 5.95. The fourth-order valence-electron chi connectivity index (χ4n) is 2.87. The van der Waals surface area contributed by atoms with Crippen molar-refractivity contribution in [2.24, 2.45) is 0 Å². The Morgan fingerprint density at radius 3 is 2.50 bits per heavy atom. The first-order valence-electron chi connectivity index (χ1n) is 7.94. The van der Waals surface area contributed by atoms with E-state index in [0.29, 0.717) is 17.0 Å². The van der Waals surface area contributed by atoms with Gasteiger partial charge in [-0.2, -0.15) is 5.26 Å². The minimum Gasteiger partial charge on any atom is -0.468 e. The van der Waals surface area contributed by atoms with Crippen LogP contribution in [0, 0.1) is 11.3 Å². The van der Waals surface area contributed by atoms with Gasteiger partial charge in [-0.1, -0.05) is 12.1 Å². The standard InChI is InChI=1S/C17H19N5O2/c1-21-7-9-22(10-8-21)16-15(12(11-18)17(23)24-2)19-13-5-3-4-6-14(13)20-16/h3-6,12H,7-10H2,1-2H3/p+1/t12-/m1/s1. The van der Waals surface area contributed by atoms with Gasteiger partial charge in [0.15, 0.2) is 11.7 Å². The van der Waals surface area contributed by atoms with Crippen molar-refractivity contribution in [2.45, 2.75) is 5.92 Å². The minimum absolute atomic E-state index is 0.377. The predicted octanol–water partition coefficient (Wildman–Crippen LogP) is -0.255. The fourth-order valence-corrected chi connectivity index (χ4v) is 2.87. The molecule has 0 unspecified atom stereocenters. The molecular weight excluding hydrogens is 306 g/mol. The van der Waals surface area contributed by atoms with Gasteiger partial charge in [-0.05, 0) is 12.1 Å². The quantitative estimate of drug-likeness (QED) is 0.783. The van der Waals surface area contributed by atoms with Gasteiger partial charge in [0.2, 0.25) is 0 Å². The van der Waals surface area contributed by atoms with Crippen molar-refractivity contribution in [2.75, 3.05) is 45.2 Å². The van der Waals surface area contributed by atoms with Gasteiger partial charge in [0, 0.05) is 0 Å². The maximum absolute atomic E-state index is 12.0. The van der Waals surface area contributed by atoms with Crippen molar-refractivity contribution in [3.05, 3.63) is 30.0 Å². The third-order valence-electron chi connectivity index (χ3n) is 4.33. The molecule has 0 saturated carbocycles. The summed E-state index contributed by atoms with van der Waals surface area (Å²) in [5, 5.41) is 9.48. The third-order valence-corrected chi connectivity index (χ3v) is 4.33. The Morgan fingerprint density at radius 2 is 1.92 bits per heavy atom. The molecule has 1 fully saturated rings. The topological polar surface area (TPSA) is 83.5 Å². The molecule has 1 aromatic carbocycles. The number of rotatable bonds is 3. The average Bonchev–Trinajstić information content (AvgIpc) is 2.62. The van der Waals surface area contributed by atoms with Crippen molar-refractivity contribution in [3.8, 4) is 6.07 Å². The lowest BCUT2D eigenvalue weighted by Crippen LogP contribution is -3.12. The molecule has 0 aliphatic carbocycles. The molecule has 7 nitrogen and oxygen atoms in total. The Hall–Kier alpha value is -2.72. The van der Waals surface area contributed by atoms with E-state index < -0.39 is 11.9 Å². The first-order chi connectivity index (χ1) is 11.6. The van der Waals surface area contributed by atoms with Crippen molar-refractivity contribution >= 4 is 22.8 Å². The van der Waals surface area contributed by atoms with Crippen LogP contribution in [-0.4, -0.2) is 56.3 Å². The van der Waals surface area contributed by atoms with Gasteiger partial charge in [0.25, 0.3) is 0 Å². The van der Waals surface area contributed by atoms with E-state index in [1.54, 1.807) is 0 Å². The monoisotopic (exact) mass is 326 g/mol. The second kappa shape index (κ2) is 6.81. The first-order valence-corrected chi connectivity index (χ1v) is 7.94. The molecule has 1 aromatic heterocycles. The highest BCUT2D eigenvalue weighted by molar-refractivity contribution is 5.85. The minimum atomic E-state index is -1.07. The molecule has 0 spiro atoms. The molecular formula is C17H20N5O2+. The molecule has 0 radical (unpaired) electrons. The summed E-state index contributed by atoms with van der Waals surface area (Å²) in [5.74, 6) is -1.07. The zero-order valence-electron chi connectivity index (χ0n) is 13.8. The Morgan fingerprint density at radius 1 is 1.29 bits per heavy atom. The van der Waals surface area contributed by atoms with Gasteiger partial charge in [0.05, 0.1) is 57.4 Å². The van der Waals surface area contributed by atoms with Crippen molar-refractivity contribution in [1.82, 2.24) is 9.97 Å². The fraction of sp³-hybridized carbons (Fsp3) is 0.412. The number of carbonyl (C=O) groups is 1. The van der Waals surface area contributed by atoms with Crippen LogP contribution in [-0.2, 0) is 9.53 Å². The number of piperazine rings is 1. The number of esters is 1. The molecule has 2 aromatic rings. The molecule has 124 valence electrons. The van der Waals surface area contributed by atoms with Gasteiger partial charge in [-0.15, -0.1) is 0 Å². The number of benzene rings is 1. The van der Waals surface area contributed by atoms with Crippen molar-refractivity contribution < 1.29 is 14.4 Å². The summed E-state index contributed by atoms with van der Waals surface area (Å²) >= 11 is 0. The normalized spacial score (nSPS) is 16.6. The summed E-state index contributed by atoms with van der Waals surface area (Å²) in [5.41, 5.74) is 1.80. The summed E-state index contributed by atoms with van der Waals surface area (Å²) < 4.78 is 4.78. The number of hydrogen-bond donors (Lipinski definition) is 1. The van der Waals surface area contributed by atoms with E-state index in [4.69, 9.17) is 9.72 Å². The molecule has 1 saturated heterocycles. The summed E-state index contributed by atoms with van der Waals surface area (Å²) in [7, 11) is 3.43. The maximum Gasteiger partial charge on any atom is 0.329 e. The highest BCUT2D eigenvalue weighted by Crippen LogP contribution is 2.27. The van der Waals surface area contributed by atoms with Crippen LogP contribution >= 0.6 is 0 Å². The van der Waals surface area contributed by atoms with Crippen LogP contribution in [0.2, 0.25) is 0 Å². The zero-order chi connectivity index (χ0) is 17.1.